The third-order valence-electron chi connectivity index (χ3n) is 10.4. The minimum absolute atomic E-state index is 0.661. The minimum Gasteiger partial charge on any atom is -0.309 e. The molecule has 0 atom stereocenters. The van der Waals surface area contributed by atoms with Gasteiger partial charge in [-0.3, -0.25) is 4.90 Å². The summed E-state index contributed by atoms with van der Waals surface area (Å²) in [5.74, 6) is 0.661. The number of hydrogen-bond acceptors (Lipinski definition) is 5. The number of aromatic nitrogens is 2. The average Bonchev–Trinajstić information content (AvgIpc) is 3.70. The van der Waals surface area contributed by atoms with Gasteiger partial charge < -0.3 is 4.90 Å². The lowest BCUT2D eigenvalue weighted by molar-refractivity contribution is 0.532. The van der Waals surface area contributed by atoms with Crippen molar-refractivity contribution in [3.05, 3.63) is 181 Å². The van der Waals surface area contributed by atoms with Crippen LogP contribution in [0.2, 0.25) is 0 Å². The van der Waals surface area contributed by atoms with Crippen LogP contribution in [0.15, 0.2) is 170 Å². The van der Waals surface area contributed by atoms with E-state index in [0.29, 0.717) is 5.95 Å². The molecule has 0 N–H and O–H groups in total. The van der Waals surface area contributed by atoms with E-state index >= 15 is 0 Å². The fourth-order valence-electron chi connectivity index (χ4n) is 8.42. The van der Waals surface area contributed by atoms with Crippen LogP contribution in [-0.2, 0) is 5.66 Å². The number of fused-ring (bicyclic) bond motifs is 8. The molecule has 4 nitrogen and oxygen atoms in total. The van der Waals surface area contributed by atoms with Gasteiger partial charge >= 0.3 is 0 Å². The summed E-state index contributed by atoms with van der Waals surface area (Å²) in [6.45, 7) is 0. The van der Waals surface area contributed by atoms with E-state index in [9.17, 15) is 0 Å². The van der Waals surface area contributed by atoms with E-state index in [4.69, 9.17) is 9.97 Å². The number of nitrogens with zero attached hydrogens (tertiary/aromatic N) is 4. The normalized spacial score (nSPS) is 14.1. The molecule has 1 spiro atoms. The molecule has 0 amide bonds. The Morgan fingerprint density at radius 1 is 0.500 bits per heavy atom. The van der Waals surface area contributed by atoms with E-state index in [2.05, 4.69) is 180 Å². The molecule has 1 aliphatic heterocycles. The standard InChI is InChI=1S/C45H28N4S/c1-3-15-30(16-4-1)41-43-42(34-23-9-12-28-39(34)50-43)47-44(46-41)49-38-27-14-18-29-17-13-26-37(40(29)38)48(31-19-5-2-6-20-31)45(49)35-24-10-7-21-32(35)33-22-8-11-25-36(33)45/h1-28H. The number of rotatable bonds is 3. The van der Waals surface area contributed by atoms with Gasteiger partial charge in [0.2, 0.25) is 5.95 Å². The summed E-state index contributed by atoms with van der Waals surface area (Å²) in [6, 6.07) is 61.0. The zero-order valence-corrected chi connectivity index (χ0v) is 27.7. The number of anilines is 4. The van der Waals surface area contributed by atoms with Crippen molar-refractivity contribution in [2.24, 2.45) is 0 Å². The molecule has 2 aromatic heterocycles. The van der Waals surface area contributed by atoms with Gasteiger partial charge in [0.25, 0.3) is 0 Å². The van der Waals surface area contributed by atoms with Crippen molar-refractivity contribution in [3.8, 4) is 22.4 Å². The van der Waals surface area contributed by atoms with Crippen molar-refractivity contribution >= 4 is 65.4 Å². The molecule has 5 heteroatoms. The molecule has 50 heavy (non-hydrogen) atoms. The highest BCUT2D eigenvalue weighted by atomic mass is 32.1. The molecule has 0 fully saturated rings. The summed E-state index contributed by atoms with van der Waals surface area (Å²) < 4.78 is 2.30. The van der Waals surface area contributed by atoms with Crippen LogP contribution in [0, 0.1) is 0 Å². The SMILES string of the molecule is c1ccc(-c2nc(N3c4cccc5cccc(c45)N(c4ccccc4)C34c3ccccc3-c3ccccc34)nc3c2sc2ccccc23)cc1. The molecule has 3 heterocycles. The summed E-state index contributed by atoms with van der Waals surface area (Å²) in [5, 5.41) is 3.49. The highest BCUT2D eigenvalue weighted by molar-refractivity contribution is 7.26. The van der Waals surface area contributed by atoms with Gasteiger partial charge in [0.15, 0.2) is 5.66 Å². The van der Waals surface area contributed by atoms with Crippen LogP contribution < -0.4 is 9.80 Å². The predicted molar refractivity (Wildman–Crippen MR) is 208 cm³/mol. The summed E-state index contributed by atoms with van der Waals surface area (Å²) in [6.07, 6.45) is 0. The van der Waals surface area contributed by atoms with E-state index in [1.54, 1.807) is 11.3 Å². The fraction of sp³-hybridized carbons (Fsp3) is 0.0222. The van der Waals surface area contributed by atoms with Crippen molar-refractivity contribution in [1.82, 2.24) is 9.97 Å². The summed E-state index contributed by atoms with van der Waals surface area (Å²) >= 11 is 1.77. The Labute approximate surface area is 293 Å². The topological polar surface area (TPSA) is 32.3 Å². The summed E-state index contributed by atoms with van der Waals surface area (Å²) in [5.41, 5.74) is 10.3. The molecule has 9 aromatic rings. The predicted octanol–water partition coefficient (Wildman–Crippen LogP) is 11.8. The van der Waals surface area contributed by atoms with Crippen LogP contribution in [0.3, 0.4) is 0 Å². The van der Waals surface area contributed by atoms with E-state index in [0.717, 1.165) is 43.9 Å². The second-order valence-corrected chi connectivity index (χ2v) is 14.0. The lowest BCUT2D eigenvalue weighted by atomic mass is 9.86. The number of thiophene rings is 1. The summed E-state index contributed by atoms with van der Waals surface area (Å²) in [7, 11) is 0. The molecule has 234 valence electrons. The van der Waals surface area contributed by atoms with Crippen molar-refractivity contribution in [3.63, 3.8) is 0 Å². The van der Waals surface area contributed by atoms with Gasteiger partial charge in [0, 0.05) is 37.9 Å². The van der Waals surface area contributed by atoms with Gasteiger partial charge in [-0.1, -0.05) is 140 Å². The van der Waals surface area contributed by atoms with Gasteiger partial charge in [0.1, 0.15) is 0 Å². The maximum Gasteiger partial charge on any atom is 0.233 e. The van der Waals surface area contributed by atoms with Crippen LogP contribution in [0.1, 0.15) is 11.1 Å². The van der Waals surface area contributed by atoms with Gasteiger partial charge in [0.05, 0.1) is 27.3 Å². The first-order valence-electron chi connectivity index (χ1n) is 16.9. The van der Waals surface area contributed by atoms with Crippen molar-refractivity contribution < 1.29 is 0 Å². The first kappa shape index (κ1) is 27.6. The fourth-order valence-corrected chi connectivity index (χ4v) is 9.57. The smallest absolute Gasteiger partial charge is 0.233 e. The lowest BCUT2D eigenvalue weighted by Crippen LogP contribution is -2.57. The highest BCUT2D eigenvalue weighted by Crippen LogP contribution is 2.63. The van der Waals surface area contributed by atoms with Crippen LogP contribution >= 0.6 is 11.3 Å². The molecule has 0 saturated heterocycles. The Bertz CT molecular complexity index is 2740. The van der Waals surface area contributed by atoms with Crippen LogP contribution in [0.25, 0.3) is 53.5 Å². The maximum atomic E-state index is 5.64. The van der Waals surface area contributed by atoms with Crippen molar-refractivity contribution in [1.29, 1.82) is 0 Å². The Morgan fingerprint density at radius 3 is 1.82 bits per heavy atom. The zero-order chi connectivity index (χ0) is 32.8. The Morgan fingerprint density at radius 2 is 1.10 bits per heavy atom. The maximum absolute atomic E-state index is 5.64. The third kappa shape index (κ3) is 3.59. The van der Waals surface area contributed by atoms with Gasteiger partial charge in [-0.05, 0) is 46.8 Å². The molecule has 11 rings (SSSR count). The monoisotopic (exact) mass is 656 g/mol. The Balaban J connectivity index is 1.36. The molecule has 2 aliphatic rings. The number of benzene rings is 7. The van der Waals surface area contributed by atoms with E-state index < -0.39 is 5.66 Å². The lowest BCUT2D eigenvalue weighted by Gasteiger charge is -2.54. The van der Waals surface area contributed by atoms with Crippen molar-refractivity contribution in [2.45, 2.75) is 5.66 Å². The molecular weight excluding hydrogens is 629 g/mol. The zero-order valence-electron chi connectivity index (χ0n) is 26.9. The number of hydrogen-bond donors (Lipinski definition) is 0. The van der Waals surface area contributed by atoms with Crippen LogP contribution in [-0.4, -0.2) is 9.97 Å². The first-order valence-corrected chi connectivity index (χ1v) is 17.8. The minimum atomic E-state index is -0.857. The summed E-state index contributed by atoms with van der Waals surface area (Å²) in [4.78, 5) is 16.2. The third-order valence-corrected chi connectivity index (χ3v) is 11.5. The molecule has 0 unspecified atom stereocenters. The second-order valence-electron chi connectivity index (χ2n) is 12.9. The van der Waals surface area contributed by atoms with Gasteiger partial charge in [-0.15, -0.1) is 11.3 Å². The largest absolute Gasteiger partial charge is 0.309 e. The van der Waals surface area contributed by atoms with Gasteiger partial charge in [-0.25, -0.2) is 9.97 Å². The Hall–Kier alpha value is -6.30. The quantitative estimate of drug-likeness (QED) is 0.189. The molecule has 0 radical (unpaired) electrons. The van der Waals surface area contributed by atoms with E-state index in [-0.39, 0.29) is 0 Å². The van der Waals surface area contributed by atoms with Gasteiger partial charge in [-0.2, -0.15) is 0 Å². The van der Waals surface area contributed by atoms with Crippen LogP contribution in [0.4, 0.5) is 23.0 Å². The molecule has 7 aromatic carbocycles. The molecule has 1 aliphatic carbocycles. The van der Waals surface area contributed by atoms with E-state index in [1.165, 1.54) is 37.7 Å². The van der Waals surface area contributed by atoms with Crippen molar-refractivity contribution in [2.75, 3.05) is 9.80 Å². The average molecular weight is 657 g/mol. The highest BCUT2D eigenvalue weighted by Gasteiger charge is 2.57. The number of para-hydroxylation sites is 1. The Kier molecular flexibility index (Phi) is 5.72. The molecular formula is C45H28N4S. The molecule has 0 saturated carbocycles. The van der Waals surface area contributed by atoms with E-state index in [1.807, 2.05) is 0 Å². The second kappa shape index (κ2) is 10.3. The molecule has 0 bridgehead atoms. The van der Waals surface area contributed by atoms with Crippen LogP contribution in [0.5, 0.6) is 0 Å². The first-order chi connectivity index (χ1) is 24.8.